The van der Waals surface area contributed by atoms with Gasteiger partial charge in [-0.3, -0.25) is 14.3 Å². The molecule has 1 aliphatic heterocycles. The topological polar surface area (TPSA) is 76.5 Å². The van der Waals surface area contributed by atoms with Gasteiger partial charge in [-0.2, -0.15) is 5.10 Å². The monoisotopic (exact) mass is 490 g/mol. The third kappa shape index (κ3) is 4.47. The Morgan fingerprint density at radius 3 is 2.56 bits per heavy atom. The number of hydrogen-bond donors (Lipinski definition) is 1. The molecule has 2 aromatic carbocycles. The van der Waals surface area contributed by atoms with Crippen molar-refractivity contribution in [2.75, 3.05) is 7.11 Å². The van der Waals surface area contributed by atoms with Crippen LogP contribution in [0.2, 0.25) is 0 Å². The molecule has 8 heteroatoms. The highest BCUT2D eigenvalue weighted by molar-refractivity contribution is 6.00. The van der Waals surface area contributed by atoms with E-state index in [4.69, 9.17) is 4.74 Å². The molecule has 2 amide bonds. The number of carbonyl (C=O) groups excluding carboxylic acids is 2. The molecule has 0 bridgehead atoms. The van der Waals surface area contributed by atoms with E-state index >= 15 is 0 Å². The summed E-state index contributed by atoms with van der Waals surface area (Å²) in [6.07, 6.45) is 5.18. The lowest BCUT2D eigenvalue weighted by Crippen LogP contribution is -2.64. The Kier molecular flexibility index (Phi) is 6.51. The molecule has 1 aromatic heterocycles. The summed E-state index contributed by atoms with van der Waals surface area (Å²) in [5, 5.41) is 7.87. The second-order valence-electron chi connectivity index (χ2n) is 9.87. The number of carbonyl (C=O) groups is 2. The average molecular weight is 491 g/mol. The number of ether oxygens (including phenoxy) is 1. The summed E-state index contributed by atoms with van der Waals surface area (Å²) in [5.74, 6) is -0.260. The zero-order valence-corrected chi connectivity index (χ0v) is 20.7. The molecular weight excluding hydrogens is 459 g/mol. The van der Waals surface area contributed by atoms with Gasteiger partial charge in [0.05, 0.1) is 25.9 Å². The third-order valence-electron chi connectivity index (χ3n) is 7.40. The van der Waals surface area contributed by atoms with Crippen LogP contribution in [0.3, 0.4) is 0 Å². The fraction of sp³-hybridized carbons (Fsp3) is 0.393. The first kappa shape index (κ1) is 24.0. The first-order valence-electron chi connectivity index (χ1n) is 12.5. The van der Waals surface area contributed by atoms with E-state index in [1.54, 1.807) is 43.0 Å². The predicted molar refractivity (Wildman–Crippen MR) is 134 cm³/mol. The summed E-state index contributed by atoms with van der Waals surface area (Å²) >= 11 is 0. The molecule has 2 heterocycles. The normalized spacial score (nSPS) is 20.2. The van der Waals surface area contributed by atoms with Gasteiger partial charge in [-0.15, -0.1) is 0 Å². The van der Waals surface area contributed by atoms with Gasteiger partial charge in [-0.25, -0.2) is 4.39 Å². The summed E-state index contributed by atoms with van der Waals surface area (Å²) in [6, 6.07) is 15.6. The summed E-state index contributed by atoms with van der Waals surface area (Å²) in [6.45, 7) is 1.92. The van der Waals surface area contributed by atoms with Gasteiger partial charge >= 0.3 is 0 Å². The second kappa shape index (κ2) is 9.76. The van der Waals surface area contributed by atoms with E-state index in [1.807, 2.05) is 24.3 Å². The van der Waals surface area contributed by atoms with Crippen molar-refractivity contribution >= 4 is 11.8 Å². The standard InChI is InChI=1S/C28H31FN4O3/c1-28(27(35)30-21-9-4-3-5-10-21)18-33-25(16-24(31-33)19-12-14-22(36-2)15-13-19)26(34)32(28)17-20-8-6-7-11-23(20)29/h6-8,11-16,21H,3-5,9-10,17-18H2,1-2H3,(H,30,35)/t28-/m1/s1. The number of methoxy groups -OCH3 is 1. The van der Waals surface area contributed by atoms with Gasteiger partial charge in [0.25, 0.3) is 5.91 Å². The van der Waals surface area contributed by atoms with Gasteiger partial charge in [0, 0.05) is 17.2 Å². The fourth-order valence-electron chi connectivity index (χ4n) is 5.18. The van der Waals surface area contributed by atoms with E-state index in [9.17, 15) is 14.0 Å². The van der Waals surface area contributed by atoms with E-state index < -0.39 is 11.4 Å². The number of benzene rings is 2. The minimum Gasteiger partial charge on any atom is -0.497 e. The SMILES string of the molecule is COc1ccc(-c2cc3n(n2)C[C@](C)(C(=O)NC2CCCCC2)N(Cc2ccccc2F)C3=O)cc1. The van der Waals surface area contributed by atoms with Crippen LogP contribution in [-0.2, 0) is 17.9 Å². The first-order chi connectivity index (χ1) is 17.4. The lowest BCUT2D eigenvalue weighted by Gasteiger charge is -2.44. The zero-order valence-electron chi connectivity index (χ0n) is 20.7. The van der Waals surface area contributed by atoms with E-state index in [0.717, 1.165) is 37.0 Å². The maximum absolute atomic E-state index is 14.6. The van der Waals surface area contributed by atoms with Crippen molar-refractivity contribution in [3.63, 3.8) is 0 Å². The number of hydrogen-bond acceptors (Lipinski definition) is 4. The maximum Gasteiger partial charge on any atom is 0.273 e. The smallest absolute Gasteiger partial charge is 0.273 e. The van der Waals surface area contributed by atoms with E-state index in [1.165, 1.54) is 17.4 Å². The van der Waals surface area contributed by atoms with Crippen LogP contribution in [0, 0.1) is 5.82 Å². The number of nitrogens with zero attached hydrogens (tertiary/aromatic N) is 3. The van der Waals surface area contributed by atoms with Crippen molar-refractivity contribution in [3.8, 4) is 17.0 Å². The highest BCUT2D eigenvalue weighted by atomic mass is 19.1. The van der Waals surface area contributed by atoms with Crippen LogP contribution in [0.15, 0.2) is 54.6 Å². The highest BCUT2D eigenvalue weighted by Gasteiger charge is 2.48. The Labute approximate surface area is 210 Å². The third-order valence-corrected chi connectivity index (χ3v) is 7.40. The Hall–Kier alpha value is -3.68. The maximum atomic E-state index is 14.6. The molecule has 1 atom stereocenters. The Bertz CT molecular complexity index is 1270. The lowest BCUT2D eigenvalue weighted by molar-refractivity contribution is -0.134. The molecule has 2 aliphatic rings. The molecule has 0 unspecified atom stereocenters. The molecule has 3 aromatic rings. The molecule has 1 aliphatic carbocycles. The largest absolute Gasteiger partial charge is 0.497 e. The van der Waals surface area contributed by atoms with Gasteiger partial charge in [0.2, 0.25) is 5.91 Å². The van der Waals surface area contributed by atoms with Crippen molar-refractivity contribution in [2.24, 2.45) is 0 Å². The second-order valence-corrected chi connectivity index (χ2v) is 9.87. The van der Waals surface area contributed by atoms with E-state index in [-0.39, 0.29) is 30.9 Å². The Balaban J connectivity index is 1.51. The molecular formula is C28H31FN4O3. The van der Waals surface area contributed by atoms with Crippen LogP contribution in [0.1, 0.15) is 55.1 Å². The number of rotatable bonds is 6. The molecule has 0 radical (unpaired) electrons. The summed E-state index contributed by atoms with van der Waals surface area (Å²) in [4.78, 5) is 29.1. The first-order valence-corrected chi connectivity index (χ1v) is 12.5. The van der Waals surface area contributed by atoms with Crippen LogP contribution in [0.4, 0.5) is 4.39 Å². The quantitative estimate of drug-likeness (QED) is 0.550. The van der Waals surface area contributed by atoms with Crippen LogP contribution in [-0.4, -0.2) is 45.2 Å². The van der Waals surface area contributed by atoms with Gasteiger partial charge in [0.15, 0.2) is 0 Å². The van der Waals surface area contributed by atoms with Crippen molar-refractivity contribution in [1.82, 2.24) is 20.0 Å². The van der Waals surface area contributed by atoms with Gasteiger partial charge in [-0.05, 0) is 56.2 Å². The molecule has 1 saturated carbocycles. The number of fused-ring (bicyclic) bond motifs is 1. The molecule has 1 N–H and O–H groups in total. The minimum atomic E-state index is -1.23. The van der Waals surface area contributed by atoms with Crippen molar-refractivity contribution in [3.05, 3.63) is 71.7 Å². The van der Waals surface area contributed by atoms with Crippen LogP contribution >= 0.6 is 0 Å². The average Bonchev–Trinajstić information content (AvgIpc) is 3.32. The molecule has 188 valence electrons. The van der Waals surface area contributed by atoms with E-state index in [2.05, 4.69) is 10.4 Å². The van der Waals surface area contributed by atoms with Gasteiger partial charge in [0.1, 0.15) is 22.8 Å². The Morgan fingerprint density at radius 2 is 1.86 bits per heavy atom. The van der Waals surface area contributed by atoms with E-state index in [0.29, 0.717) is 17.0 Å². The molecule has 36 heavy (non-hydrogen) atoms. The fourth-order valence-corrected chi connectivity index (χ4v) is 5.18. The van der Waals surface area contributed by atoms with Gasteiger partial charge < -0.3 is 15.0 Å². The van der Waals surface area contributed by atoms with Crippen molar-refractivity contribution < 1.29 is 18.7 Å². The van der Waals surface area contributed by atoms with Crippen molar-refractivity contribution in [2.45, 2.75) is 63.7 Å². The summed E-state index contributed by atoms with van der Waals surface area (Å²) < 4.78 is 21.5. The van der Waals surface area contributed by atoms with Gasteiger partial charge in [-0.1, -0.05) is 37.5 Å². The molecule has 5 rings (SSSR count). The highest BCUT2D eigenvalue weighted by Crippen LogP contribution is 2.33. The predicted octanol–water partition coefficient (Wildman–Crippen LogP) is 4.56. The summed E-state index contributed by atoms with van der Waals surface area (Å²) in [5.41, 5.74) is 0.974. The molecule has 1 fully saturated rings. The van der Waals surface area contributed by atoms with Crippen LogP contribution in [0.25, 0.3) is 11.3 Å². The van der Waals surface area contributed by atoms with Crippen molar-refractivity contribution in [1.29, 1.82) is 0 Å². The number of aromatic nitrogens is 2. The number of nitrogens with one attached hydrogen (secondary N) is 1. The van der Waals surface area contributed by atoms with Crippen LogP contribution < -0.4 is 10.1 Å². The lowest BCUT2D eigenvalue weighted by atomic mass is 9.91. The Morgan fingerprint density at radius 1 is 1.14 bits per heavy atom. The van der Waals surface area contributed by atoms with Crippen LogP contribution in [0.5, 0.6) is 5.75 Å². The minimum absolute atomic E-state index is 0.0108. The molecule has 7 nitrogen and oxygen atoms in total. The number of amides is 2. The molecule has 0 spiro atoms. The molecule has 0 saturated heterocycles. The summed E-state index contributed by atoms with van der Waals surface area (Å²) in [7, 11) is 1.60. The number of halogens is 1. The zero-order chi connectivity index (χ0) is 25.3.